The highest BCUT2D eigenvalue weighted by molar-refractivity contribution is 5.42. The third-order valence-corrected chi connectivity index (χ3v) is 2.59. The zero-order valence-corrected chi connectivity index (χ0v) is 11.1. The number of aryl methyl sites for hydroxylation is 1. The molecule has 0 aliphatic carbocycles. The van der Waals surface area contributed by atoms with E-state index in [1.165, 1.54) is 0 Å². The Morgan fingerprint density at radius 3 is 2.89 bits per heavy atom. The number of nitrogens with zero attached hydrogens (tertiary/aromatic N) is 4. The average Bonchev–Trinajstić information content (AvgIpc) is 2.75. The summed E-state index contributed by atoms with van der Waals surface area (Å²) in [7, 11) is 1.80. The molecule has 2 rings (SSSR count). The summed E-state index contributed by atoms with van der Waals surface area (Å²) in [6.07, 6.45) is 5.91. The Kier molecular flexibility index (Phi) is 4.17. The van der Waals surface area contributed by atoms with Gasteiger partial charge in [0.05, 0.1) is 25.2 Å². The predicted octanol–water partition coefficient (Wildman–Crippen LogP) is 1.19. The lowest BCUT2D eigenvalue weighted by molar-refractivity contribution is 0.304. The summed E-state index contributed by atoms with van der Waals surface area (Å²) in [6, 6.07) is 0. The van der Waals surface area contributed by atoms with Crippen LogP contribution in [0.25, 0.3) is 0 Å². The van der Waals surface area contributed by atoms with Crippen LogP contribution in [0, 0.1) is 0 Å². The molecule has 0 aliphatic heterocycles. The summed E-state index contributed by atoms with van der Waals surface area (Å²) in [5.41, 5.74) is 6.78. The fourth-order valence-corrected chi connectivity index (χ4v) is 1.52. The molecule has 0 bridgehead atoms. The third-order valence-electron chi connectivity index (χ3n) is 2.59. The van der Waals surface area contributed by atoms with Gasteiger partial charge in [-0.15, -0.1) is 0 Å². The lowest BCUT2D eigenvalue weighted by Gasteiger charge is -2.07. The number of hydrogen-bond acceptors (Lipinski definition) is 6. The minimum atomic E-state index is 0.519. The van der Waals surface area contributed by atoms with Gasteiger partial charge in [-0.05, 0) is 6.42 Å². The quantitative estimate of drug-likeness (QED) is 0.812. The Hall–Kier alpha value is -2.31. The Bertz CT molecular complexity index is 539. The van der Waals surface area contributed by atoms with Crippen LogP contribution in [0.1, 0.15) is 18.9 Å². The molecule has 3 N–H and O–H groups in total. The van der Waals surface area contributed by atoms with Gasteiger partial charge in [0.1, 0.15) is 11.6 Å². The van der Waals surface area contributed by atoms with Gasteiger partial charge >= 0.3 is 0 Å². The van der Waals surface area contributed by atoms with Gasteiger partial charge in [0.15, 0.2) is 0 Å². The fourth-order valence-electron chi connectivity index (χ4n) is 1.52. The molecule has 0 aliphatic rings. The van der Waals surface area contributed by atoms with Gasteiger partial charge in [-0.3, -0.25) is 9.67 Å². The highest BCUT2D eigenvalue weighted by Gasteiger charge is 2.05. The summed E-state index contributed by atoms with van der Waals surface area (Å²) >= 11 is 0. The lowest BCUT2D eigenvalue weighted by atomic mass is 10.3. The first-order valence-electron chi connectivity index (χ1n) is 6.15. The molecule has 7 heteroatoms. The van der Waals surface area contributed by atoms with Crippen LogP contribution in [-0.4, -0.2) is 26.4 Å². The number of nitrogens with two attached hydrogens (primary N) is 1. The van der Waals surface area contributed by atoms with Crippen LogP contribution in [0.3, 0.4) is 0 Å². The van der Waals surface area contributed by atoms with Crippen molar-refractivity contribution in [3.63, 3.8) is 0 Å². The van der Waals surface area contributed by atoms with E-state index in [1.807, 2.05) is 6.92 Å². The van der Waals surface area contributed by atoms with Crippen molar-refractivity contribution in [2.75, 3.05) is 17.7 Å². The molecule has 0 amide bonds. The molecule has 19 heavy (non-hydrogen) atoms. The second kappa shape index (κ2) is 6.03. The summed E-state index contributed by atoms with van der Waals surface area (Å²) < 4.78 is 7.05. The first kappa shape index (κ1) is 13.1. The highest BCUT2D eigenvalue weighted by atomic mass is 16.5. The van der Waals surface area contributed by atoms with Crippen molar-refractivity contribution in [3.05, 3.63) is 24.2 Å². The van der Waals surface area contributed by atoms with Gasteiger partial charge in [-0.2, -0.15) is 10.1 Å². The van der Waals surface area contributed by atoms with Crippen LogP contribution in [0.5, 0.6) is 5.88 Å². The van der Waals surface area contributed by atoms with Crippen molar-refractivity contribution in [1.82, 2.24) is 19.7 Å². The van der Waals surface area contributed by atoms with Gasteiger partial charge in [0.2, 0.25) is 5.88 Å². The Morgan fingerprint density at radius 1 is 1.37 bits per heavy atom. The van der Waals surface area contributed by atoms with Crippen LogP contribution in [0.15, 0.2) is 18.6 Å². The molecule has 0 saturated carbocycles. The maximum atomic E-state index is 5.86. The van der Waals surface area contributed by atoms with Crippen LogP contribution in [0.2, 0.25) is 0 Å². The minimum absolute atomic E-state index is 0.519. The van der Waals surface area contributed by atoms with E-state index in [0.29, 0.717) is 30.7 Å². The number of nitrogens with one attached hydrogen (secondary N) is 1. The fraction of sp³-hybridized carbons (Fsp3) is 0.417. The molecule has 7 nitrogen and oxygen atoms in total. The second-order valence-electron chi connectivity index (χ2n) is 4.12. The second-order valence-corrected chi connectivity index (χ2v) is 4.12. The normalized spacial score (nSPS) is 10.4. The number of nitrogen functional groups attached to an aromatic ring is 1. The number of hydrogen-bond donors (Lipinski definition) is 2. The summed E-state index contributed by atoms with van der Waals surface area (Å²) in [4.78, 5) is 8.37. The van der Waals surface area contributed by atoms with E-state index in [9.17, 15) is 0 Å². The van der Waals surface area contributed by atoms with E-state index < -0.39 is 0 Å². The number of ether oxygens (including phenoxy) is 1. The van der Waals surface area contributed by atoms with Crippen LogP contribution < -0.4 is 15.8 Å². The summed E-state index contributed by atoms with van der Waals surface area (Å²) in [5, 5.41) is 7.22. The first-order valence-corrected chi connectivity index (χ1v) is 6.15. The topological polar surface area (TPSA) is 90.9 Å². The molecule has 0 fully saturated rings. The smallest absolute Gasteiger partial charge is 0.234 e. The standard InChI is InChI=1S/C12H18N6O/c1-3-4-19-11-8-14-7-10(17-11)15-5-9-6-16-18(2)12(9)13/h6-8H,3-5,13H2,1-2H3,(H,15,17). The molecule has 2 aromatic rings. The molecule has 0 atom stereocenters. The van der Waals surface area contributed by atoms with Crippen LogP contribution in [0.4, 0.5) is 11.6 Å². The Labute approximate surface area is 111 Å². The molecule has 0 radical (unpaired) electrons. The molecule has 0 spiro atoms. The molecular formula is C12H18N6O. The number of rotatable bonds is 6. The zero-order chi connectivity index (χ0) is 13.7. The minimum Gasteiger partial charge on any atom is -0.477 e. The van der Waals surface area contributed by atoms with Gasteiger partial charge in [-0.25, -0.2) is 0 Å². The van der Waals surface area contributed by atoms with E-state index >= 15 is 0 Å². The molecule has 102 valence electrons. The lowest BCUT2D eigenvalue weighted by Crippen LogP contribution is -2.06. The van der Waals surface area contributed by atoms with E-state index in [-0.39, 0.29) is 0 Å². The van der Waals surface area contributed by atoms with E-state index in [0.717, 1.165) is 12.0 Å². The van der Waals surface area contributed by atoms with Crippen molar-refractivity contribution in [2.24, 2.45) is 7.05 Å². The van der Waals surface area contributed by atoms with Crippen molar-refractivity contribution in [1.29, 1.82) is 0 Å². The molecular weight excluding hydrogens is 244 g/mol. The number of anilines is 2. The van der Waals surface area contributed by atoms with E-state index in [2.05, 4.69) is 20.4 Å². The molecule has 0 unspecified atom stereocenters. The predicted molar refractivity (Wildman–Crippen MR) is 72.8 cm³/mol. The van der Waals surface area contributed by atoms with E-state index in [4.69, 9.17) is 10.5 Å². The van der Waals surface area contributed by atoms with Crippen molar-refractivity contribution in [2.45, 2.75) is 19.9 Å². The van der Waals surface area contributed by atoms with Gasteiger partial charge in [0.25, 0.3) is 0 Å². The van der Waals surface area contributed by atoms with Crippen molar-refractivity contribution in [3.8, 4) is 5.88 Å². The first-order chi connectivity index (χ1) is 9.20. The van der Waals surface area contributed by atoms with Crippen molar-refractivity contribution < 1.29 is 4.74 Å². The molecule has 2 aromatic heterocycles. The average molecular weight is 262 g/mol. The Morgan fingerprint density at radius 2 is 2.21 bits per heavy atom. The maximum absolute atomic E-state index is 5.86. The third kappa shape index (κ3) is 3.34. The largest absolute Gasteiger partial charge is 0.477 e. The van der Waals surface area contributed by atoms with Crippen LogP contribution >= 0.6 is 0 Å². The molecule has 0 saturated heterocycles. The highest BCUT2D eigenvalue weighted by Crippen LogP contribution is 2.13. The van der Waals surface area contributed by atoms with E-state index in [1.54, 1.807) is 30.3 Å². The molecule has 2 heterocycles. The monoisotopic (exact) mass is 262 g/mol. The zero-order valence-electron chi connectivity index (χ0n) is 11.1. The van der Waals surface area contributed by atoms with Gasteiger partial charge in [-0.1, -0.05) is 6.92 Å². The Balaban J connectivity index is 1.97. The maximum Gasteiger partial charge on any atom is 0.234 e. The molecule has 0 aromatic carbocycles. The number of aromatic nitrogens is 4. The summed E-state index contributed by atoms with van der Waals surface area (Å²) in [5.74, 6) is 1.81. The van der Waals surface area contributed by atoms with Crippen LogP contribution in [-0.2, 0) is 13.6 Å². The summed E-state index contributed by atoms with van der Waals surface area (Å²) in [6.45, 7) is 3.22. The van der Waals surface area contributed by atoms with Gasteiger partial charge < -0.3 is 15.8 Å². The van der Waals surface area contributed by atoms with Gasteiger partial charge in [0, 0.05) is 19.2 Å². The van der Waals surface area contributed by atoms with Crippen molar-refractivity contribution >= 4 is 11.6 Å². The SMILES string of the molecule is CCCOc1cncc(NCc2cnn(C)c2N)n1.